The van der Waals surface area contributed by atoms with Crippen molar-refractivity contribution in [2.75, 3.05) is 6.79 Å². The molecule has 2 aliphatic rings. The molecule has 5 rings (SSSR count). The third-order valence-electron chi connectivity index (χ3n) is 5.22. The maximum absolute atomic E-state index is 13.1. The zero-order valence-electron chi connectivity index (χ0n) is 15.1. The number of fused-ring (bicyclic) bond motifs is 2. The Bertz CT molecular complexity index is 1040. The van der Waals surface area contributed by atoms with E-state index in [-0.39, 0.29) is 18.7 Å². The molecular weight excluding hydrogens is 340 g/mol. The Morgan fingerprint density at radius 2 is 1.93 bits per heavy atom. The molecule has 0 unspecified atom stereocenters. The van der Waals surface area contributed by atoms with Gasteiger partial charge in [0.25, 0.3) is 5.91 Å². The van der Waals surface area contributed by atoms with Crippen LogP contribution in [-0.2, 0) is 0 Å². The summed E-state index contributed by atoms with van der Waals surface area (Å²) in [5, 5.41) is 4.01. The summed E-state index contributed by atoms with van der Waals surface area (Å²) < 4.78 is 10.8. The number of carbonyl (C=O) groups excluding carboxylic acids is 1. The van der Waals surface area contributed by atoms with Gasteiger partial charge in [0, 0.05) is 17.0 Å². The molecule has 1 atom stereocenters. The standard InChI is InChI=1S/C22H20N2O3/c1-13(15-8-9-20-21(10-15)27-12-26-20)23-22(25)17-11-19(14-6-7-14)24-18-5-3-2-4-16(17)18/h2-5,8-11,13-14H,6-7,12H2,1H3,(H,23,25)/t13-/m0/s1. The summed E-state index contributed by atoms with van der Waals surface area (Å²) >= 11 is 0. The molecule has 1 saturated carbocycles. The van der Waals surface area contributed by atoms with Crippen LogP contribution in [0.15, 0.2) is 48.5 Å². The molecule has 5 heteroatoms. The summed E-state index contributed by atoms with van der Waals surface area (Å²) in [5.74, 6) is 1.87. The molecule has 0 saturated heterocycles. The smallest absolute Gasteiger partial charge is 0.252 e. The molecular formula is C22H20N2O3. The first-order chi connectivity index (χ1) is 13.2. The fourth-order valence-electron chi connectivity index (χ4n) is 3.51. The largest absolute Gasteiger partial charge is 0.454 e. The average molecular weight is 360 g/mol. The molecule has 1 amide bonds. The van der Waals surface area contributed by atoms with Crippen LogP contribution >= 0.6 is 0 Å². The average Bonchev–Trinajstić information content (AvgIpc) is 3.44. The van der Waals surface area contributed by atoms with Gasteiger partial charge in [-0.25, -0.2) is 0 Å². The minimum Gasteiger partial charge on any atom is -0.454 e. The Morgan fingerprint density at radius 3 is 2.78 bits per heavy atom. The van der Waals surface area contributed by atoms with Crippen LogP contribution < -0.4 is 14.8 Å². The topological polar surface area (TPSA) is 60.5 Å². The molecule has 0 bridgehead atoms. The molecule has 2 aromatic carbocycles. The van der Waals surface area contributed by atoms with Crippen LogP contribution in [0.25, 0.3) is 10.9 Å². The Labute approximate surface area is 157 Å². The molecule has 3 aromatic rings. The third kappa shape index (κ3) is 2.99. The van der Waals surface area contributed by atoms with E-state index in [1.165, 1.54) is 0 Å². The minimum absolute atomic E-state index is 0.0827. The van der Waals surface area contributed by atoms with E-state index in [0.717, 1.165) is 46.5 Å². The highest BCUT2D eigenvalue weighted by atomic mass is 16.7. The number of hydrogen-bond donors (Lipinski definition) is 1. The van der Waals surface area contributed by atoms with Gasteiger partial charge in [-0.2, -0.15) is 0 Å². The van der Waals surface area contributed by atoms with Crippen LogP contribution in [0.1, 0.15) is 53.3 Å². The fourth-order valence-corrected chi connectivity index (χ4v) is 3.51. The number of rotatable bonds is 4. The number of aromatic nitrogens is 1. The summed E-state index contributed by atoms with van der Waals surface area (Å²) in [6.07, 6.45) is 2.31. The maximum Gasteiger partial charge on any atom is 0.252 e. The molecule has 0 spiro atoms. The van der Waals surface area contributed by atoms with E-state index < -0.39 is 0 Å². The van der Waals surface area contributed by atoms with Crippen molar-refractivity contribution in [3.8, 4) is 11.5 Å². The van der Waals surface area contributed by atoms with Gasteiger partial charge < -0.3 is 14.8 Å². The van der Waals surface area contributed by atoms with Crippen molar-refractivity contribution in [2.24, 2.45) is 0 Å². The number of para-hydroxylation sites is 1. The lowest BCUT2D eigenvalue weighted by Crippen LogP contribution is -2.27. The van der Waals surface area contributed by atoms with Crippen molar-refractivity contribution >= 4 is 16.8 Å². The van der Waals surface area contributed by atoms with E-state index in [2.05, 4.69) is 5.32 Å². The van der Waals surface area contributed by atoms with Crippen LogP contribution in [0.3, 0.4) is 0 Å². The van der Waals surface area contributed by atoms with Crippen molar-refractivity contribution in [1.29, 1.82) is 0 Å². The van der Waals surface area contributed by atoms with Crippen molar-refractivity contribution in [3.05, 3.63) is 65.4 Å². The Morgan fingerprint density at radius 1 is 1.11 bits per heavy atom. The summed E-state index contributed by atoms with van der Waals surface area (Å²) in [6, 6.07) is 15.4. The summed E-state index contributed by atoms with van der Waals surface area (Å²) in [7, 11) is 0. The first-order valence-corrected chi connectivity index (χ1v) is 9.29. The number of benzene rings is 2. The van der Waals surface area contributed by atoms with E-state index in [4.69, 9.17) is 14.5 Å². The molecule has 1 aliphatic carbocycles. The highest BCUT2D eigenvalue weighted by Gasteiger charge is 2.27. The predicted octanol–water partition coefficient (Wildman–Crippen LogP) is 4.33. The van der Waals surface area contributed by atoms with Gasteiger partial charge in [0.1, 0.15) is 0 Å². The second-order valence-corrected chi connectivity index (χ2v) is 7.19. The minimum atomic E-state index is -0.150. The molecule has 1 fully saturated rings. The highest BCUT2D eigenvalue weighted by Crippen LogP contribution is 2.40. The Balaban J connectivity index is 1.45. The van der Waals surface area contributed by atoms with Gasteiger partial charge in [-0.15, -0.1) is 0 Å². The summed E-state index contributed by atoms with van der Waals surface area (Å²) in [5.41, 5.74) is 3.57. The number of hydrogen-bond acceptors (Lipinski definition) is 4. The van der Waals surface area contributed by atoms with Gasteiger partial charge >= 0.3 is 0 Å². The van der Waals surface area contributed by atoms with Gasteiger partial charge in [-0.05, 0) is 49.6 Å². The second-order valence-electron chi connectivity index (χ2n) is 7.19. The monoisotopic (exact) mass is 360 g/mol. The lowest BCUT2D eigenvalue weighted by atomic mass is 10.0. The molecule has 5 nitrogen and oxygen atoms in total. The predicted molar refractivity (Wildman–Crippen MR) is 102 cm³/mol. The molecule has 1 aliphatic heterocycles. The number of amides is 1. The number of nitrogens with zero attached hydrogens (tertiary/aromatic N) is 1. The van der Waals surface area contributed by atoms with Gasteiger partial charge in [0.2, 0.25) is 6.79 Å². The quantitative estimate of drug-likeness (QED) is 0.752. The van der Waals surface area contributed by atoms with Gasteiger partial charge in [-0.1, -0.05) is 24.3 Å². The van der Waals surface area contributed by atoms with Crippen LogP contribution in [0.5, 0.6) is 11.5 Å². The van der Waals surface area contributed by atoms with Crippen LogP contribution in [0.4, 0.5) is 0 Å². The summed E-state index contributed by atoms with van der Waals surface area (Å²) in [4.78, 5) is 17.8. The number of nitrogens with one attached hydrogen (secondary N) is 1. The first-order valence-electron chi connectivity index (χ1n) is 9.29. The zero-order chi connectivity index (χ0) is 18.4. The van der Waals surface area contributed by atoms with Crippen molar-refractivity contribution in [3.63, 3.8) is 0 Å². The number of pyridine rings is 1. The van der Waals surface area contributed by atoms with Crippen molar-refractivity contribution in [2.45, 2.75) is 31.7 Å². The van der Waals surface area contributed by atoms with Crippen molar-refractivity contribution in [1.82, 2.24) is 10.3 Å². The van der Waals surface area contributed by atoms with Crippen molar-refractivity contribution < 1.29 is 14.3 Å². The van der Waals surface area contributed by atoms with Gasteiger partial charge in [0.15, 0.2) is 11.5 Å². The van der Waals surface area contributed by atoms with E-state index in [1.807, 2.05) is 55.5 Å². The van der Waals surface area contributed by atoms with Gasteiger partial charge in [0.05, 0.1) is 17.1 Å². The molecule has 1 aromatic heterocycles. The molecule has 136 valence electrons. The number of carbonyl (C=O) groups is 1. The van der Waals surface area contributed by atoms with E-state index >= 15 is 0 Å². The van der Waals surface area contributed by atoms with Crippen LogP contribution in [0, 0.1) is 0 Å². The first kappa shape index (κ1) is 16.1. The molecule has 2 heterocycles. The van der Waals surface area contributed by atoms with Crippen LogP contribution in [-0.4, -0.2) is 17.7 Å². The third-order valence-corrected chi connectivity index (χ3v) is 5.22. The Hall–Kier alpha value is -3.08. The van der Waals surface area contributed by atoms with Crippen LogP contribution in [0.2, 0.25) is 0 Å². The maximum atomic E-state index is 13.1. The normalized spacial score (nSPS) is 16.3. The summed E-state index contributed by atoms with van der Waals surface area (Å²) in [6.45, 7) is 2.22. The van der Waals surface area contributed by atoms with E-state index in [1.54, 1.807) is 0 Å². The fraction of sp³-hybridized carbons (Fsp3) is 0.273. The lowest BCUT2D eigenvalue weighted by molar-refractivity contribution is 0.0941. The zero-order valence-corrected chi connectivity index (χ0v) is 15.1. The Kier molecular flexibility index (Phi) is 3.74. The van der Waals surface area contributed by atoms with E-state index in [9.17, 15) is 4.79 Å². The lowest BCUT2D eigenvalue weighted by Gasteiger charge is -2.16. The SMILES string of the molecule is C[C@H](NC(=O)c1cc(C2CC2)nc2ccccc12)c1ccc2c(c1)OCO2. The molecule has 1 N–H and O–H groups in total. The van der Waals surface area contributed by atoms with Gasteiger partial charge in [-0.3, -0.25) is 9.78 Å². The highest BCUT2D eigenvalue weighted by molar-refractivity contribution is 6.06. The molecule has 27 heavy (non-hydrogen) atoms. The number of ether oxygens (including phenoxy) is 2. The molecule has 0 radical (unpaired) electrons. The second kappa shape index (κ2) is 6.27. The van der Waals surface area contributed by atoms with E-state index in [0.29, 0.717) is 11.5 Å².